The van der Waals surface area contributed by atoms with E-state index in [2.05, 4.69) is 4.98 Å². The second-order valence-electron chi connectivity index (χ2n) is 2.10. The Labute approximate surface area is 84.9 Å². The van der Waals surface area contributed by atoms with E-state index in [1.54, 1.807) is 0 Å². The lowest BCUT2D eigenvalue weighted by molar-refractivity contribution is -0.137. The molecular formula is C8H10ClF3N2. The molecule has 0 atom stereocenters. The van der Waals surface area contributed by atoms with Gasteiger partial charge in [0.25, 0.3) is 0 Å². The minimum Gasteiger partial charge on any atom is -0.396 e. The Hall–Kier alpha value is -0.970. The van der Waals surface area contributed by atoms with Gasteiger partial charge in [0.2, 0.25) is 0 Å². The molecule has 2 nitrogen and oxygen atoms in total. The molecule has 6 heteroatoms. The van der Waals surface area contributed by atoms with Gasteiger partial charge in [-0.15, -0.1) is 0 Å². The molecule has 2 N–H and O–H groups in total. The molecule has 80 valence electrons. The average Bonchev–Trinajstić information content (AvgIpc) is 2.11. The highest BCUT2D eigenvalue weighted by atomic mass is 35.5. The maximum Gasteiger partial charge on any atom is 0.417 e. The van der Waals surface area contributed by atoms with Gasteiger partial charge in [0.05, 0.1) is 11.3 Å². The monoisotopic (exact) mass is 226 g/mol. The van der Waals surface area contributed by atoms with Gasteiger partial charge in [-0.3, -0.25) is 0 Å². The van der Waals surface area contributed by atoms with Crippen molar-refractivity contribution in [3.63, 3.8) is 0 Å². The number of pyridine rings is 1. The number of hydrogen-bond donors (Lipinski definition) is 1. The van der Waals surface area contributed by atoms with Crippen LogP contribution in [0.1, 0.15) is 19.4 Å². The van der Waals surface area contributed by atoms with Gasteiger partial charge in [0.15, 0.2) is 5.15 Å². The molecule has 1 heterocycles. The highest BCUT2D eigenvalue weighted by Crippen LogP contribution is 2.31. The Morgan fingerprint density at radius 1 is 1.36 bits per heavy atom. The van der Waals surface area contributed by atoms with E-state index in [1.807, 2.05) is 13.8 Å². The van der Waals surface area contributed by atoms with Gasteiger partial charge in [-0.25, -0.2) is 4.98 Å². The molecule has 0 aliphatic carbocycles. The summed E-state index contributed by atoms with van der Waals surface area (Å²) in [6.07, 6.45) is -3.79. The molecule has 0 fully saturated rings. The van der Waals surface area contributed by atoms with Crippen LogP contribution in [-0.2, 0) is 6.18 Å². The molecule has 0 spiro atoms. The standard InChI is InChI=1S/C6H4ClF3N2.C2H6/c7-5-4(11)1-3(2-12-5)6(8,9)10;1-2/h1-2H,11H2;1-2H3. The Morgan fingerprint density at radius 3 is 2.21 bits per heavy atom. The molecule has 1 aromatic heterocycles. The van der Waals surface area contributed by atoms with E-state index in [9.17, 15) is 13.2 Å². The van der Waals surface area contributed by atoms with Gasteiger partial charge in [-0.1, -0.05) is 25.4 Å². The molecule has 0 aromatic carbocycles. The van der Waals surface area contributed by atoms with Gasteiger partial charge in [0, 0.05) is 6.20 Å². The number of nitrogens with two attached hydrogens (primary N) is 1. The first-order valence-electron chi connectivity index (χ1n) is 3.89. The van der Waals surface area contributed by atoms with Crippen LogP contribution in [0.25, 0.3) is 0 Å². The number of rotatable bonds is 0. The fourth-order valence-corrected chi connectivity index (χ4v) is 0.723. The van der Waals surface area contributed by atoms with E-state index in [4.69, 9.17) is 17.3 Å². The number of anilines is 1. The third kappa shape index (κ3) is 3.41. The van der Waals surface area contributed by atoms with Gasteiger partial charge < -0.3 is 5.73 Å². The predicted octanol–water partition coefficient (Wildman–Crippen LogP) is 3.36. The van der Waals surface area contributed by atoms with Crippen LogP contribution >= 0.6 is 11.6 Å². The topological polar surface area (TPSA) is 38.9 Å². The zero-order valence-corrected chi connectivity index (χ0v) is 8.45. The van der Waals surface area contributed by atoms with E-state index in [-0.39, 0.29) is 10.8 Å². The van der Waals surface area contributed by atoms with E-state index >= 15 is 0 Å². The van der Waals surface area contributed by atoms with Crippen LogP contribution < -0.4 is 5.73 Å². The second-order valence-corrected chi connectivity index (χ2v) is 2.46. The molecule has 0 aliphatic rings. The van der Waals surface area contributed by atoms with Crippen LogP contribution in [0, 0.1) is 0 Å². The van der Waals surface area contributed by atoms with Crippen molar-refractivity contribution in [1.29, 1.82) is 0 Å². The average molecular weight is 227 g/mol. The summed E-state index contributed by atoms with van der Waals surface area (Å²) in [5.74, 6) is 0. The Balaban J connectivity index is 0.000000791. The predicted molar refractivity (Wildman–Crippen MR) is 50.0 cm³/mol. The quantitative estimate of drug-likeness (QED) is 0.689. The summed E-state index contributed by atoms with van der Waals surface area (Å²) in [7, 11) is 0. The van der Waals surface area contributed by atoms with Crippen LogP contribution in [-0.4, -0.2) is 4.98 Å². The number of nitrogen functional groups attached to an aromatic ring is 1. The Morgan fingerprint density at radius 2 is 1.86 bits per heavy atom. The van der Waals surface area contributed by atoms with Crippen LogP contribution in [0.3, 0.4) is 0 Å². The number of aromatic nitrogens is 1. The number of nitrogens with zero attached hydrogens (tertiary/aromatic N) is 1. The fourth-order valence-electron chi connectivity index (χ4n) is 0.620. The van der Waals surface area contributed by atoms with Gasteiger partial charge >= 0.3 is 6.18 Å². The second kappa shape index (κ2) is 5.05. The van der Waals surface area contributed by atoms with Crippen molar-refractivity contribution < 1.29 is 13.2 Å². The van der Waals surface area contributed by atoms with Gasteiger partial charge in [-0.2, -0.15) is 13.2 Å². The molecule has 1 rings (SSSR count). The van der Waals surface area contributed by atoms with Crippen molar-refractivity contribution in [2.75, 3.05) is 5.73 Å². The SMILES string of the molecule is CC.Nc1cc(C(F)(F)F)cnc1Cl. The van der Waals surface area contributed by atoms with Crippen molar-refractivity contribution in [2.45, 2.75) is 20.0 Å². The minimum atomic E-state index is -4.42. The fraction of sp³-hybridized carbons (Fsp3) is 0.375. The highest BCUT2D eigenvalue weighted by molar-refractivity contribution is 6.31. The molecular weight excluding hydrogens is 217 g/mol. The van der Waals surface area contributed by atoms with Gasteiger partial charge in [-0.05, 0) is 6.07 Å². The smallest absolute Gasteiger partial charge is 0.396 e. The van der Waals surface area contributed by atoms with Crippen LogP contribution in [0.15, 0.2) is 12.3 Å². The number of halogens is 4. The minimum absolute atomic E-state index is 0.122. The van der Waals surface area contributed by atoms with E-state index in [0.29, 0.717) is 6.20 Å². The summed E-state index contributed by atoms with van der Waals surface area (Å²) in [6, 6.07) is 0.745. The summed E-state index contributed by atoms with van der Waals surface area (Å²) in [6.45, 7) is 4.00. The molecule has 14 heavy (non-hydrogen) atoms. The molecule has 1 aromatic rings. The van der Waals surface area contributed by atoms with Crippen molar-refractivity contribution >= 4 is 17.3 Å². The summed E-state index contributed by atoms with van der Waals surface area (Å²) < 4.78 is 35.9. The zero-order valence-electron chi connectivity index (χ0n) is 7.69. The molecule has 0 saturated carbocycles. The highest BCUT2D eigenvalue weighted by Gasteiger charge is 2.31. The summed E-state index contributed by atoms with van der Waals surface area (Å²) in [4.78, 5) is 3.27. The van der Waals surface area contributed by atoms with E-state index in [0.717, 1.165) is 6.07 Å². The van der Waals surface area contributed by atoms with Crippen LogP contribution in [0.4, 0.5) is 18.9 Å². The first kappa shape index (κ1) is 13.0. The lowest BCUT2D eigenvalue weighted by atomic mass is 10.2. The number of hydrogen-bond acceptors (Lipinski definition) is 2. The van der Waals surface area contributed by atoms with E-state index < -0.39 is 11.7 Å². The maximum atomic E-state index is 12.0. The van der Waals surface area contributed by atoms with Crippen molar-refractivity contribution in [3.8, 4) is 0 Å². The summed E-state index contributed by atoms with van der Waals surface area (Å²) in [5.41, 5.74) is 4.05. The van der Waals surface area contributed by atoms with Crippen LogP contribution in [0.2, 0.25) is 5.15 Å². The molecule has 0 radical (unpaired) electrons. The summed E-state index contributed by atoms with van der Waals surface area (Å²) >= 11 is 5.33. The summed E-state index contributed by atoms with van der Waals surface area (Å²) in [5, 5.41) is -0.122. The van der Waals surface area contributed by atoms with E-state index in [1.165, 1.54) is 0 Å². The molecule has 0 amide bonds. The lowest BCUT2D eigenvalue weighted by Gasteiger charge is -2.06. The third-order valence-electron chi connectivity index (χ3n) is 1.19. The van der Waals surface area contributed by atoms with Crippen molar-refractivity contribution in [3.05, 3.63) is 23.0 Å². The molecule has 0 aliphatic heterocycles. The largest absolute Gasteiger partial charge is 0.417 e. The lowest BCUT2D eigenvalue weighted by Crippen LogP contribution is -2.06. The first-order chi connectivity index (χ1) is 6.41. The third-order valence-corrected chi connectivity index (χ3v) is 1.51. The maximum absolute atomic E-state index is 12.0. The molecule has 0 bridgehead atoms. The normalized spacial score (nSPS) is 10.4. The Kier molecular flexibility index (Phi) is 4.70. The first-order valence-corrected chi connectivity index (χ1v) is 4.27. The van der Waals surface area contributed by atoms with Crippen molar-refractivity contribution in [1.82, 2.24) is 4.98 Å². The van der Waals surface area contributed by atoms with Gasteiger partial charge in [0.1, 0.15) is 0 Å². The zero-order chi connectivity index (χ0) is 11.4. The molecule has 0 unspecified atom stereocenters. The number of alkyl halides is 3. The van der Waals surface area contributed by atoms with Crippen molar-refractivity contribution in [2.24, 2.45) is 0 Å². The van der Waals surface area contributed by atoms with Crippen LogP contribution in [0.5, 0.6) is 0 Å². The Bertz CT molecular complexity index is 299. The molecule has 0 saturated heterocycles.